The van der Waals surface area contributed by atoms with Crippen LogP contribution in [0, 0.1) is 12.8 Å². The fourth-order valence-corrected chi connectivity index (χ4v) is 4.47. The van der Waals surface area contributed by atoms with Crippen molar-refractivity contribution < 1.29 is 27.8 Å². The summed E-state index contributed by atoms with van der Waals surface area (Å²) in [6.45, 7) is 7.70. The maximum atomic E-state index is 10.6. The molecular weight excluding hydrogens is 449 g/mol. The summed E-state index contributed by atoms with van der Waals surface area (Å²) >= 11 is 0. The normalized spacial score (nSPS) is 22.1. The number of rotatable bonds is 5. The molecule has 0 amide bonds. The number of nitrogens with one attached hydrogen (secondary N) is 1. The summed E-state index contributed by atoms with van der Waals surface area (Å²) < 4.78 is 37.7. The van der Waals surface area contributed by atoms with Gasteiger partial charge in [0.15, 0.2) is 0 Å². The minimum absolute atomic E-state index is 0.00915. The monoisotopic (exact) mass is 478 g/mol. The highest BCUT2D eigenvalue weighted by Gasteiger charge is 2.45. The molecule has 1 saturated heterocycles. The lowest BCUT2D eigenvalue weighted by atomic mass is 9.80. The van der Waals surface area contributed by atoms with Gasteiger partial charge < -0.3 is 15.2 Å². The van der Waals surface area contributed by atoms with E-state index in [9.17, 15) is 13.2 Å². The van der Waals surface area contributed by atoms with Crippen LogP contribution in [0.1, 0.15) is 41.6 Å². The van der Waals surface area contributed by atoms with Crippen LogP contribution in [0.2, 0.25) is 0 Å². The number of anilines is 1. The van der Waals surface area contributed by atoms with Gasteiger partial charge in [0.2, 0.25) is 5.95 Å². The molecule has 7 nitrogen and oxygen atoms in total. The first-order valence-corrected chi connectivity index (χ1v) is 11.4. The van der Waals surface area contributed by atoms with Crippen LogP contribution in [-0.2, 0) is 28.1 Å². The number of aliphatic carboxylic acids is 1. The maximum Gasteiger partial charge on any atom is 0.490 e. The molecule has 1 atom stereocenters. The number of fused-ring (bicyclic) bond motifs is 2. The summed E-state index contributed by atoms with van der Waals surface area (Å²) in [7, 11) is 0. The number of halogens is 3. The van der Waals surface area contributed by atoms with Gasteiger partial charge >= 0.3 is 12.1 Å². The molecule has 1 aromatic heterocycles. The van der Waals surface area contributed by atoms with E-state index in [1.807, 2.05) is 6.20 Å². The van der Waals surface area contributed by atoms with Crippen LogP contribution < -0.4 is 5.32 Å². The van der Waals surface area contributed by atoms with Crippen molar-refractivity contribution in [2.45, 2.75) is 50.9 Å². The molecule has 1 unspecified atom stereocenters. The van der Waals surface area contributed by atoms with Crippen LogP contribution in [0.15, 0.2) is 30.5 Å². The molecule has 2 aliphatic heterocycles. The first-order chi connectivity index (χ1) is 16.2. The molecule has 1 saturated carbocycles. The fraction of sp³-hybridized carbons (Fsp3) is 0.542. The quantitative estimate of drug-likeness (QED) is 0.674. The number of aryl methyl sites for hydroxylation is 1. The molecule has 2 fully saturated rings. The summed E-state index contributed by atoms with van der Waals surface area (Å²) in [5.74, 6) is -1.15. The van der Waals surface area contributed by atoms with Crippen LogP contribution in [0.3, 0.4) is 0 Å². The van der Waals surface area contributed by atoms with Crippen molar-refractivity contribution >= 4 is 11.9 Å². The van der Waals surface area contributed by atoms with Gasteiger partial charge in [0.05, 0.1) is 24.3 Å². The maximum absolute atomic E-state index is 10.6. The highest BCUT2D eigenvalue weighted by atomic mass is 19.4. The zero-order valence-corrected chi connectivity index (χ0v) is 19.1. The van der Waals surface area contributed by atoms with Crippen molar-refractivity contribution in [2.75, 3.05) is 31.6 Å². The van der Waals surface area contributed by atoms with Gasteiger partial charge in [0.25, 0.3) is 0 Å². The third-order valence-electron chi connectivity index (χ3n) is 6.58. The van der Waals surface area contributed by atoms with Crippen molar-refractivity contribution in [3.63, 3.8) is 0 Å². The number of likely N-dealkylation sites (tertiary alicyclic amines) is 1. The average molecular weight is 479 g/mol. The van der Waals surface area contributed by atoms with E-state index < -0.39 is 12.1 Å². The second kappa shape index (κ2) is 9.87. The van der Waals surface area contributed by atoms with E-state index in [4.69, 9.17) is 19.6 Å². The molecule has 1 aromatic carbocycles. The highest BCUT2D eigenvalue weighted by molar-refractivity contribution is 5.73. The number of carboxylic acid groups (broad SMARTS) is 1. The second-order valence-electron chi connectivity index (χ2n) is 9.35. The summed E-state index contributed by atoms with van der Waals surface area (Å²) in [5, 5.41) is 10.6. The van der Waals surface area contributed by atoms with E-state index >= 15 is 0 Å². The second-order valence-corrected chi connectivity index (χ2v) is 9.35. The van der Waals surface area contributed by atoms with E-state index in [0.717, 1.165) is 56.6 Å². The molecule has 1 spiro atoms. The number of aromatic nitrogens is 2. The molecule has 10 heteroatoms. The van der Waals surface area contributed by atoms with E-state index in [-0.39, 0.29) is 5.41 Å². The highest BCUT2D eigenvalue weighted by Crippen LogP contribution is 2.40. The topological polar surface area (TPSA) is 87.6 Å². The third-order valence-corrected chi connectivity index (χ3v) is 6.58. The Kier molecular flexibility index (Phi) is 7.09. The van der Waals surface area contributed by atoms with E-state index in [2.05, 4.69) is 46.4 Å². The molecule has 0 bridgehead atoms. The van der Waals surface area contributed by atoms with Gasteiger partial charge in [0, 0.05) is 31.4 Å². The van der Waals surface area contributed by atoms with Gasteiger partial charge in [0.1, 0.15) is 0 Å². The Labute approximate surface area is 196 Å². The first-order valence-electron chi connectivity index (χ1n) is 11.4. The lowest BCUT2D eigenvalue weighted by molar-refractivity contribution is -0.192. The number of alkyl halides is 3. The van der Waals surface area contributed by atoms with Crippen LogP contribution in [-0.4, -0.2) is 58.4 Å². The summed E-state index contributed by atoms with van der Waals surface area (Å²) in [6.07, 6.45) is 0.667. The van der Waals surface area contributed by atoms with Crippen molar-refractivity contribution in [2.24, 2.45) is 5.92 Å². The van der Waals surface area contributed by atoms with Crippen LogP contribution >= 0.6 is 0 Å². The molecular formula is C24H29F3N4O3. The van der Waals surface area contributed by atoms with E-state index in [1.54, 1.807) is 0 Å². The largest absolute Gasteiger partial charge is 0.490 e. The summed E-state index contributed by atoms with van der Waals surface area (Å²) in [5.41, 5.74) is 5.17. The minimum atomic E-state index is -5.08. The van der Waals surface area contributed by atoms with Gasteiger partial charge in [-0.15, -0.1) is 0 Å². The minimum Gasteiger partial charge on any atom is -0.475 e. The summed E-state index contributed by atoms with van der Waals surface area (Å²) in [6, 6.07) is 8.69. The van der Waals surface area contributed by atoms with Crippen LogP contribution in [0.4, 0.5) is 19.1 Å². The third kappa shape index (κ3) is 5.85. The molecule has 0 radical (unpaired) electrons. The average Bonchev–Trinajstić information content (AvgIpc) is 3.55. The number of benzene rings is 1. The number of nitrogens with zero attached hydrogens (tertiary/aromatic N) is 3. The Balaban J connectivity index is 0.000000344. The Hall–Kier alpha value is -2.72. The molecule has 3 heterocycles. The standard InChI is InChI=1S/C22H28N4O.C2HF3O2/c1-16-4-2-3-5-18(16)12-26-9-8-22(14-26)15-27-13-19-11-24-21(25-20(19)22)23-10-17-6-7-17;3-2(4,5)1(6)7/h2-5,11,17H,6-10,12-15H2,1H3,(H,23,24,25);(H,6,7). The van der Waals surface area contributed by atoms with Crippen molar-refractivity contribution in [3.05, 3.63) is 52.8 Å². The molecule has 5 rings (SSSR count). The molecule has 34 heavy (non-hydrogen) atoms. The number of hydrogen-bond donors (Lipinski definition) is 2. The lowest BCUT2D eigenvalue weighted by Gasteiger charge is -2.34. The lowest BCUT2D eigenvalue weighted by Crippen LogP contribution is -2.40. The fourth-order valence-electron chi connectivity index (χ4n) is 4.47. The molecule has 1 aliphatic carbocycles. The SMILES string of the molecule is Cc1ccccc1CN1CCC2(COCc3cnc(NCC4CC4)nc32)C1.O=C(O)C(F)(F)F. The zero-order chi connectivity index (χ0) is 24.3. The van der Waals surface area contributed by atoms with Gasteiger partial charge in [-0.2, -0.15) is 13.2 Å². The van der Waals surface area contributed by atoms with Gasteiger partial charge in [-0.05, 0) is 49.8 Å². The van der Waals surface area contributed by atoms with Crippen molar-refractivity contribution in [1.29, 1.82) is 0 Å². The molecule has 2 N–H and O–H groups in total. The smallest absolute Gasteiger partial charge is 0.475 e. The number of ether oxygens (including phenoxy) is 1. The number of carbonyl (C=O) groups is 1. The van der Waals surface area contributed by atoms with E-state index in [0.29, 0.717) is 6.61 Å². The van der Waals surface area contributed by atoms with Crippen molar-refractivity contribution in [1.82, 2.24) is 14.9 Å². The Morgan fingerprint density at radius 2 is 2.06 bits per heavy atom. The van der Waals surface area contributed by atoms with Gasteiger partial charge in [-0.25, -0.2) is 14.8 Å². The number of carboxylic acids is 1. The van der Waals surface area contributed by atoms with E-state index in [1.165, 1.54) is 29.7 Å². The Morgan fingerprint density at radius 1 is 1.32 bits per heavy atom. The Bertz CT molecular complexity index is 1030. The predicted molar refractivity (Wildman–Crippen MR) is 119 cm³/mol. The van der Waals surface area contributed by atoms with Crippen molar-refractivity contribution in [3.8, 4) is 0 Å². The van der Waals surface area contributed by atoms with Gasteiger partial charge in [-0.1, -0.05) is 24.3 Å². The molecule has 2 aromatic rings. The van der Waals surface area contributed by atoms with Crippen LogP contribution in [0.5, 0.6) is 0 Å². The molecule has 184 valence electrons. The molecule has 3 aliphatic rings. The van der Waals surface area contributed by atoms with Gasteiger partial charge in [-0.3, -0.25) is 4.90 Å². The Morgan fingerprint density at radius 3 is 2.74 bits per heavy atom. The zero-order valence-electron chi connectivity index (χ0n) is 19.1. The van der Waals surface area contributed by atoms with Crippen LogP contribution in [0.25, 0.3) is 0 Å². The first kappa shape index (κ1) is 24.4. The predicted octanol–water partition coefficient (Wildman–Crippen LogP) is 3.91. The number of hydrogen-bond acceptors (Lipinski definition) is 6. The summed E-state index contributed by atoms with van der Waals surface area (Å²) in [4.78, 5) is 21.0.